The highest BCUT2D eigenvalue weighted by atomic mass is 16.5. The van der Waals surface area contributed by atoms with Crippen LogP contribution in [0, 0.1) is 5.92 Å². The van der Waals surface area contributed by atoms with Crippen LogP contribution in [-0.4, -0.2) is 22.4 Å². The van der Waals surface area contributed by atoms with Gasteiger partial charge in [0, 0.05) is 36.3 Å². The summed E-state index contributed by atoms with van der Waals surface area (Å²) in [7, 11) is 1.71. The molecule has 4 heteroatoms. The van der Waals surface area contributed by atoms with E-state index in [9.17, 15) is 4.79 Å². The zero-order chi connectivity index (χ0) is 18.0. The van der Waals surface area contributed by atoms with Gasteiger partial charge in [-0.25, -0.2) is 4.98 Å². The van der Waals surface area contributed by atoms with Crippen LogP contribution in [0.1, 0.15) is 66.8 Å². The fraction of sp³-hybridized carbons (Fsp3) is 0.524. The van der Waals surface area contributed by atoms with Crippen molar-refractivity contribution < 1.29 is 9.53 Å². The molecule has 0 bridgehead atoms. The minimum absolute atomic E-state index is 0.0777. The number of ether oxygens (including phenoxy) is 1. The van der Waals surface area contributed by atoms with E-state index >= 15 is 0 Å². The van der Waals surface area contributed by atoms with Gasteiger partial charge < -0.3 is 9.30 Å². The summed E-state index contributed by atoms with van der Waals surface area (Å²) in [5, 5.41) is 0. The Bertz CT molecular complexity index is 761. The molecule has 2 aromatic rings. The van der Waals surface area contributed by atoms with Crippen molar-refractivity contribution in [3.63, 3.8) is 0 Å². The number of methoxy groups -OCH3 is 1. The third kappa shape index (κ3) is 3.48. The number of nitrogens with zero attached hydrogens (tertiary/aromatic N) is 2. The van der Waals surface area contributed by atoms with E-state index in [1.807, 2.05) is 31.5 Å². The SMILES string of the molecule is COc1ccc(C(=O)C(C)Cn2ccnc2C(C)C)c2c1CCCC2. The van der Waals surface area contributed by atoms with Crippen molar-refractivity contribution in [1.29, 1.82) is 0 Å². The number of imidazole rings is 1. The maximum Gasteiger partial charge on any atom is 0.167 e. The van der Waals surface area contributed by atoms with Crippen LogP contribution in [0.4, 0.5) is 0 Å². The van der Waals surface area contributed by atoms with Gasteiger partial charge in [-0.05, 0) is 48.9 Å². The van der Waals surface area contributed by atoms with Crippen LogP contribution in [0.5, 0.6) is 5.75 Å². The van der Waals surface area contributed by atoms with Crippen LogP contribution in [0.15, 0.2) is 24.5 Å². The van der Waals surface area contributed by atoms with Crippen molar-refractivity contribution >= 4 is 5.78 Å². The molecule has 0 aliphatic heterocycles. The zero-order valence-electron chi connectivity index (χ0n) is 15.7. The molecule has 0 N–H and O–H groups in total. The molecule has 1 unspecified atom stereocenters. The first-order valence-corrected chi connectivity index (χ1v) is 9.27. The quantitative estimate of drug-likeness (QED) is 0.732. The Balaban J connectivity index is 1.86. The van der Waals surface area contributed by atoms with E-state index in [2.05, 4.69) is 23.4 Å². The van der Waals surface area contributed by atoms with E-state index in [-0.39, 0.29) is 11.7 Å². The second kappa shape index (κ2) is 7.42. The average Bonchev–Trinajstić information content (AvgIpc) is 3.08. The lowest BCUT2D eigenvalue weighted by atomic mass is 9.84. The highest BCUT2D eigenvalue weighted by Crippen LogP contribution is 2.33. The minimum atomic E-state index is -0.0777. The molecule has 25 heavy (non-hydrogen) atoms. The van der Waals surface area contributed by atoms with Gasteiger partial charge in [0.15, 0.2) is 5.78 Å². The summed E-state index contributed by atoms with van der Waals surface area (Å²) >= 11 is 0. The molecule has 1 heterocycles. The van der Waals surface area contributed by atoms with Crippen molar-refractivity contribution in [3.05, 3.63) is 47.0 Å². The fourth-order valence-corrected chi connectivity index (χ4v) is 3.88. The largest absolute Gasteiger partial charge is 0.496 e. The summed E-state index contributed by atoms with van der Waals surface area (Å²) in [6.45, 7) is 6.95. The molecule has 134 valence electrons. The molecule has 1 aliphatic carbocycles. The summed E-state index contributed by atoms with van der Waals surface area (Å²) in [4.78, 5) is 17.6. The first-order valence-electron chi connectivity index (χ1n) is 9.27. The molecule has 1 atom stereocenters. The van der Waals surface area contributed by atoms with E-state index in [0.29, 0.717) is 12.5 Å². The van der Waals surface area contributed by atoms with Crippen LogP contribution in [0.25, 0.3) is 0 Å². The van der Waals surface area contributed by atoms with Gasteiger partial charge in [-0.2, -0.15) is 0 Å². The molecule has 0 saturated carbocycles. The topological polar surface area (TPSA) is 44.1 Å². The van der Waals surface area contributed by atoms with Gasteiger partial charge >= 0.3 is 0 Å². The maximum atomic E-state index is 13.1. The number of hydrogen-bond acceptors (Lipinski definition) is 3. The van der Waals surface area contributed by atoms with Crippen molar-refractivity contribution in [3.8, 4) is 5.75 Å². The van der Waals surface area contributed by atoms with Gasteiger partial charge in [-0.1, -0.05) is 20.8 Å². The molecule has 0 saturated heterocycles. The van der Waals surface area contributed by atoms with Gasteiger partial charge in [0.1, 0.15) is 11.6 Å². The van der Waals surface area contributed by atoms with E-state index in [0.717, 1.165) is 36.4 Å². The lowest BCUT2D eigenvalue weighted by molar-refractivity contribution is 0.0916. The molecule has 4 nitrogen and oxygen atoms in total. The Morgan fingerprint density at radius 1 is 1.20 bits per heavy atom. The highest BCUT2D eigenvalue weighted by molar-refractivity contribution is 5.99. The van der Waals surface area contributed by atoms with E-state index in [1.54, 1.807) is 7.11 Å². The van der Waals surface area contributed by atoms with Gasteiger partial charge in [-0.15, -0.1) is 0 Å². The minimum Gasteiger partial charge on any atom is -0.496 e. The number of benzene rings is 1. The number of rotatable bonds is 6. The molecular weight excluding hydrogens is 312 g/mol. The lowest BCUT2D eigenvalue weighted by Crippen LogP contribution is -2.22. The Kier molecular flexibility index (Phi) is 5.26. The standard InChI is InChI=1S/C21H28N2O2/c1-14(2)21-22-11-12-23(21)13-15(3)20(24)18-9-10-19(25-4)17-8-6-5-7-16(17)18/h9-12,14-15H,5-8,13H2,1-4H3. The summed E-state index contributed by atoms with van der Waals surface area (Å²) in [5.41, 5.74) is 3.32. The van der Waals surface area contributed by atoms with Crippen LogP contribution in [0.3, 0.4) is 0 Å². The van der Waals surface area contributed by atoms with Crippen LogP contribution in [-0.2, 0) is 19.4 Å². The Morgan fingerprint density at radius 2 is 1.92 bits per heavy atom. The monoisotopic (exact) mass is 340 g/mol. The second-order valence-corrected chi connectivity index (χ2v) is 7.34. The zero-order valence-corrected chi connectivity index (χ0v) is 15.7. The van der Waals surface area contributed by atoms with Gasteiger partial charge in [-0.3, -0.25) is 4.79 Å². The molecule has 0 amide bonds. The predicted molar refractivity (Wildman–Crippen MR) is 99.4 cm³/mol. The highest BCUT2D eigenvalue weighted by Gasteiger charge is 2.24. The Labute approximate surface area is 150 Å². The molecule has 0 fully saturated rings. The summed E-state index contributed by atoms with van der Waals surface area (Å²) in [5.74, 6) is 2.47. The number of Topliss-reactive ketones (excluding diaryl/α,β-unsaturated/α-hetero) is 1. The van der Waals surface area contributed by atoms with Crippen molar-refractivity contribution in [1.82, 2.24) is 9.55 Å². The van der Waals surface area contributed by atoms with E-state index < -0.39 is 0 Å². The smallest absolute Gasteiger partial charge is 0.167 e. The van der Waals surface area contributed by atoms with E-state index in [1.165, 1.54) is 17.5 Å². The van der Waals surface area contributed by atoms with Crippen LogP contribution >= 0.6 is 0 Å². The molecule has 1 aromatic heterocycles. The van der Waals surface area contributed by atoms with Crippen LogP contribution in [0.2, 0.25) is 0 Å². The normalized spacial score (nSPS) is 15.1. The summed E-state index contributed by atoms with van der Waals surface area (Å²) in [6.07, 6.45) is 8.09. The van der Waals surface area contributed by atoms with Gasteiger partial charge in [0.05, 0.1) is 7.11 Å². The average molecular weight is 340 g/mol. The number of aromatic nitrogens is 2. The van der Waals surface area contributed by atoms with Crippen molar-refractivity contribution in [2.24, 2.45) is 5.92 Å². The number of fused-ring (bicyclic) bond motifs is 1. The Morgan fingerprint density at radius 3 is 2.60 bits per heavy atom. The van der Waals surface area contributed by atoms with Gasteiger partial charge in [0.25, 0.3) is 0 Å². The number of carbonyl (C=O) groups excluding carboxylic acids is 1. The molecular formula is C21H28N2O2. The molecule has 0 radical (unpaired) electrons. The van der Waals surface area contributed by atoms with Gasteiger partial charge in [0.2, 0.25) is 0 Å². The summed E-state index contributed by atoms with van der Waals surface area (Å²) < 4.78 is 7.63. The third-order valence-corrected chi connectivity index (χ3v) is 5.16. The molecule has 3 rings (SSSR count). The van der Waals surface area contributed by atoms with Crippen molar-refractivity contribution in [2.75, 3.05) is 7.11 Å². The Hall–Kier alpha value is -2.10. The predicted octanol–water partition coefficient (Wildman–Crippen LogP) is 4.41. The molecule has 1 aliphatic rings. The van der Waals surface area contributed by atoms with Crippen molar-refractivity contribution in [2.45, 2.75) is 58.9 Å². The molecule has 1 aromatic carbocycles. The maximum absolute atomic E-state index is 13.1. The number of hydrogen-bond donors (Lipinski definition) is 0. The fourth-order valence-electron chi connectivity index (χ4n) is 3.88. The van der Waals surface area contributed by atoms with Crippen LogP contribution < -0.4 is 4.74 Å². The second-order valence-electron chi connectivity index (χ2n) is 7.34. The number of ketones is 1. The first kappa shape index (κ1) is 17.7. The third-order valence-electron chi connectivity index (χ3n) is 5.16. The number of carbonyl (C=O) groups is 1. The van der Waals surface area contributed by atoms with E-state index in [4.69, 9.17) is 4.74 Å². The lowest BCUT2D eigenvalue weighted by Gasteiger charge is -2.23. The molecule has 0 spiro atoms. The first-order chi connectivity index (χ1) is 12.0. The summed E-state index contributed by atoms with van der Waals surface area (Å²) in [6, 6.07) is 3.92.